The number of methoxy groups -OCH3 is 1. The van der Waals surface area contributed by atoms with Gasteiger partial charge in [0.1, 0.15) is 0 Å². The van der Waals surface area contributed by atoms with E-state index in [1.165, 1.54) is 6.21 Å². The van der Waals surface area contributed by atoms with Crippen molar-refractivity contribution in [2.75, 3.05) is 7.11 Å². The van der Waals surface area contributed by atoms with Crippen molar-refractivity contribution in [2.24, 2.45) is 5.10 Å². The van der Waals surface area contributed by atoms with Crippen LogP contribution in [0.2, 0.25) is 5.02 Å². The van der Waals surface area contributed by atoms with Gasteiger partial charge in [0.05, 0.1) is 24.5 Å². The summed E-state index contributed by atoms with van der Waals surface area (Å²) in [5.74, 6) is 0.702. The lowest BCUT2D eigenvalue weighted by Gasteiger charge is -2.17. The highest BCUT2D eigenvalue weighted by Crippen LogP contribution is 2.37. The maximum atomic E-state index is 12.6. The molecule has 1 amide bonds. The minimum Gasteiger partial charge on any atom is -0.493 e. The molecule has 7 heteroatoms. The summed E-state index contributed by atoms with van der Waals surface area (Å²) >= 11 is 6.39. The van der Waals surface area contributed by atoms with Crippen LogP contribution < -0.4 is 14.9 Å². The predicted molar refractivity (Wildman–Crippen MR) is 129 cm³/mol. The lowest BCUT2D eigenvalue weighted by molar-refractivity contribution is 0.0955. The molecular formula is C25H28ClN3O3. The first-order valence-electron chi connectivity index (χ1n) is 10.5. The molecule has 3 aromatic rings. The number of hydrazone groups is 1. The van der Waals surface area contributed by atoms with Gasteiger partial charge in [-0.05, 0) is 75.2 Å². The van der Waals surface area contributed by atoms with Crippen molar-refractivity contribution < 1.29 is 14.3 Å². The van der Waals surface area contributed by atoms with E-state index in [0.717, 1.165) is 23.5 Å². The number of carbonyl (C=O) groups excluding carboxylic acids is 1. The van der Waals surface area contributed by atoms with Gasteiger partial charge >= 0.3 is 0 Å². The van der Waals surface area contributed by atoms with Crippen molar-refractivity contribution in [3.05, 3.63) is 76.1 Å². The first-order valence-corrected chi connectivity index (χ1v) is 10.8. The smallest absolute Gasteiger partial charge is 0.271 e. The maximum absolute atomic E-state index is 12.6. The monoisotopic (exact) mass is 453 g/mol. The number of aryl methyl sites for hydroxylation is 2. The Hall–Kier alpha value is -3.25. The highest BCUT2D eigenvalue weighted by Gasteiger charge is 2.14. The number of ether oxygens (including phenoxy) is 2. The SMILES string of the molecule is CC[C@@H](C)Oc1c(Cl)cc(/C=N\NC(=O)c2cccc(-n3c(C)ccc3C)c2)cc1OC. The van der Waals surface area contributed by atoms with E-state index in [-0.39, 0.29) is 12.0 Å². The van der Waals surface area contributed by atoms with Crippen LogP contribution in [0.5, 0.6) is 11.5 Å². The molecule has 1 N–H and O–H groups in total. The predicted octanol–water partition coefficient (Wildman–Crippen LogP) is 5.70. The van der Waals surface area contributed by atoms with E-state index in [1.54, 1.807) is 25.3 Å². The van der Waals surface area contributed by atoms with Crippen LogP contribution in [-0.4, -0.2) is 29.9 Å². The van der Waals surface area contributed by atoms with E-state index in [1.807, 2.05) is 58.0 Å². The Balaban J connectivity index is 1.74. The van der Waals surface area contributed by atoms with Crippen LogP contribution in [0.4, 0.5) is 0 Å². The minimum absolute atomic E-state index is 0.00934. The van der Waals surface area contributed by atoms with Crippen LogP contribution in [0.25, 0.3) is 5.69 Å². The number of amides is 1. The molecular weight excluding hydrogens is 426 g/mol. The van der Waals surface area contributed by atoms with Crippen molar-refractivity contribution in [3.63, 3.8) is 0 Å². The molecule has 3 rings (SSSR count). The van der Waals surface area contributed by atoms with Gasteiger partial charge in [0, 0.05) is 22.6 Å². The molecule has 0 spiro atoms. The number of benzene rings is 2. The standard InChI is InChI=1S/C25H28ClN3O3/c1-6-18(4)32-24-22(26)12-19(13-23(24)31-5)15-27-28-25(30)20-8-7-9-21(14-20)29-16(2)10-11-17(29)3/h7-15,18H,6H2,1-5H3,(H,28,30)/b27-15-/t18-/m1/s1. The van der Waals surface area contributed by atoms with E-state index < -0.39 is 0 Å². The van der Waals surface area contributed by atoms with Crippen molar-refractivity contribution in [1.29, 1.82) is 0 Å². The number of rotatable bonds is 8. The van der Waals surface area contributed by atoms with Crippen LogP contribution in [0, 0.1) is 13.8 Å². The van der Waals surface area contributed by atoms with Gasteiger partial charge in [-0.25, -0.2) is 5.43 Å². The summed E-state index contributed by atoms with van der Waals surface area (Å²) < 4.78 is 13.4. The van der Waals surface area contributed by atoms with Crippen molar-refractivity contribution in [2.45, 2.75) is 40.2 Å². The zero-order valence-corrected chi connectivity index (χ0v) is 19.7. The van der Waals surface area contributed by atoms with E-state index in [2.05, 4.69) is 15.1 Å². The molecule has 0 bridgehead atoms. The highest BCUT2D eigenvalue weighted by atomic mass is 35.5. The summed E-state index contributed by atoms with van der Waals surface area (Å²) in [5.41, 5.74) is 6.89. The Morgan fingerprint density at radius 1 is 1.19 bits per heavy atom. The van der Waals surface area contributed by atoms with Gasteiger partial charge in [-0.3, -0.25) is 4.79 Å². The summed E-state index contributed by atoms with van der Waals surface area (Å²) in [6.45, 7) is 8.06. The van der Waals surface area contributed by atoms with Gasteiger partial charge in [-0.2, -0.15) is 5.10 Å². The van der Waals surface area contributed by atoms with E-state index in [9.17, 15) is 4.79 Å². The van der Waals surface area contributed by atoms with E-state index >= 15 is 0 Å². The zero-order valence-electron chi connectivity index (χ0n) is 19.0. The Morgan fingerprint density at radius 3 is 2.56 bits per heavy atom. The Kier molecular flexibility index (Phi) is 7.59. The quantitative estimate of drug-likeness (QED) is 0.351. The molecule has 0 saturated carbocycles. The molecule has 32 heavy (non-hydrogen) atoms. The van der Waals surface area contributed by atoms with Crippen LogP contribution in [0.15, 0.2) is 53.6 Å². The highest BCUT2D eigenvalue weighted by molar-refractivity contribution is 6.32. The summed E-state index contributed by atoms with van der Waals surface area (Å²) in [7, 11) is 1.55. The molecule has 0 radical (unpaired) electrons. The third kappa shape index (κ3) is 5.32. The Labute approximate surface area is 193 Å². The van der Waals surface area contributed by atoms with Crippen LogP contribution in [-0.2, 0) is 0 Å². The van der Waals surface area contributed by atoms with Crippen LogP contribution in [0.3, 0.4) is 0 Å². The third-order valence-corrected chi connectivity index (χ3v) is 5.44. The average molecular weight is 454 g/mol. The van der Waals surface area contributed by atoms with Crippen molar-refractivity contribution >= 4 is 23.7 Å². The molecule has 0 unspecified atom stereocenters. The number of nitrogens with one attached hydrogen (secondary N) is 1. The van der Waals surface area contributed by atoms with E-state index in [0.29, 0.717) is 27.6 Å². The van der Waals surface area contributed by atoms with Gasteiger partial charge in [-0.1, -0.05) is 24.6 Å². The second-order valence-corrected chi connectivity index (χ2v) is 7.98. The number of aromatic nitrogens is 1. The molecule has 1 heterocycles. The maximum Gasteiger partial charge on any atom is 0.271 e. The molecule has 0 aliphatic heterocycles. The van der Waals surface area contributed by atoms with Crippen molar-refractivity contribution in [1.82, 2.24) is 9.99 Å². The fourth-order valence-corrected chi connectivity index (χ4v) is 3.57. The number of nitrogens with zero attached hydrogens (tertiary/aromatic N) is 2. The fourth-order valence-electron chi connectivity index (χ4n) is 3.31. The lowest BCUT2D eigenvalue weighted by Crippen LogP contribution is -2.18. The van der Waals surface area contributed by atoms with Crippen molar-refractivity contribution in [3.8, 4) is 17.2 Å². The molecule has 0 aliphatic rings. The van der Waals surface area contributed by atoms with Gasteiger partial charge in [0.15, 0.2) is 11.5 Å². The Bertz CT molecular complexity index is 1120. The summed E-state index contributed by atoms with van der Waals surface area (Å²) in [4.78, 5) is 12.6. The molecule has 2 aromatic carbocycles. The minimum atomic E-state index is -0.305. The second kappa shape index (κ2) is 10.4. The van der Waals surface area contributed by atoms with Gasteiger partial charge in [0.2, 0.25) is 0 Å². The average Bonchev–Trinajstić information content (AvgIpc) is 3.12. The molecule has 168 valence electrons. The van der Waals surface area contributed by atoms with Gasteiger partial charge in [0.25, 0.3) is 5.91 Å². The molecule has 0 aliphatic carbocycles. The molecule has 6 nitrogen and oxygen atoms in total. The number of hydrogen-bond donors (Lipinski definition) is 1. The van der Waals surface area contributed by atoms with Crippen LogP contribution >= 0.6 is 11.6 Å². The Morgan fingerprint density at radius 2 is 1.91 bits per heavy atom. The first-order chi connectivity index (χ1) is 15.3. The molecule has 1 atom stereocenters. The summed E-state index contributed by atoms with van der Waals surface area (Å²) in [6, 6.07) is 15.0. The fraction of sp³-hybridized carbons (Fsp3) is 0.280. The van der Waals surface area contributed by atoms with Crippen LogP contribution in [0.1, 0.15) is 47.6 Å². The number of halogens is 1. The number of carbonyl (C=O) groups is 1. The van der Waals surface area contributed by atoms with Gasteiger partial charge in [-0.15, -0.1) is 0 Å². The molecule has 0 fully saturated rings. The van der Waals surface area contributed by atoms with E-state index in [4.69, 9.17) is 21.1 Å². The number of hydrogen-bond acceptors (Lipinski definition) is 4. The normalized spacial score (nSPS) is 12.1. The molecule has 1 aromatic heterocycles. The third-order valence-electron chi connectivity index (χ3n) is 5.16. The largest absolute Gasteiger partial charge is 0.493 e. The lowest BCUT2D eigenvalue weighted by atomic mass is 10.2. The summed E-state index contributed by atoms with van der Waals surface area (Å²) in [6.07, 6.45) is 2.37. The first kappa shape index (κ1) is 23.4. The molecule has 0 saturated heterocycles. The zero-order chi connectivity index (χ0) is 23.3. The summed E-state index contributed by atoms with van der Waals surface area (Å²) in [5, 5.41) is 4.50. The topological polar surface area (TPSA) is 64.8 Å². The van der Waals surface area contributed by atoms with Gasteiger partial charge < -0.3 is 14.0 Å². The second-order valence-electron chi connectivity index (χ2n) is 7.57.